The van der Waals surface area contributed by atoms with Gasteiger partial charge >= 0.3 is 5.97 Å². The largest absolute Gasteiger partial charge is 0.478 e. The van der Waals surface area contributed by atoms with Crippen molar-refractivity contribution in [2.45, 2.75) is 6.92 Å². The van der Waals surface area contributed by atoms with E-state index in [2.05, 4.69) is 15.3 Å². The number of hydrogen-bond donors (Lipinski definition) is 2. The standard InChI is InChI=1S/C11H12N2O4/c1-7(13-17-2)8-4-3-5-9(12-6-14)10(8)11(15)16/h3-6H,1-2H3,(H,12,14)(H,15,16). The van der Waals surface area contributed by atoms with E-state index in [1.807, 2.05) is 0 Å². The Kier molecular flexibility index (Phi) is 4.21. The third-order valence-electron chi connectivity index (χ3n) is 2.11. The van der Waals surface area contributed by atoms with Gasteiger partial charge in [0.05, 0.1) is 17.0 Å². The van der Waals surface area contributed by atoms with E-state index in [9.17, 15) is 9.59 Å². The van der Waals surface area contributed by atoms with Crippen molar-refractivity contribution in [3.8, 4) is 0 Å². The highest BCUT2D eigenvalue weighted by Crippen LogP contribution is 2.20. The van der Waals surface area contributed by atoms with Gasteiger partial charge in [-0.3, -0.25) is 4.79 Å². The Labute approximate surface area is 97.9 Å². The second kappa shape index (κ2) is 5.64. The summed E-state index contributed by atoms with van der Waals surface area (Å²) in [6.07, 6.45) is 0.425. The Bertz CT molecular complexity index is 469. The maximum Gasteiger partial charge on any atom is 0.338 e. The van der Waals surface area contributed by atoms with Crippen LogP contribution in [-0.2, 0) is 9.63 Å². The van der Waals surface area contributed by atoms with Gasteiger partial charge in [-0.15, -0.1) is 0 Å². The first-order valence-corrected chi connectivity index (χ1v) is 4.76. The van der Waals surface area contributed by atoms with E-state index < -0.39 is 5.97 Å². The van der Waals surface area contributed by atoms with Crippen LogP contribution in [0.2, 0.25) is 0 Å². The van der Waals surface area contributed by atoms with Crippen LogP contribution in [-0.4, -0.2) is 30.3 Å². The molecule has 0 spiro atoms. The van der Waals surface area contributed by atoms with Crippen LogP contribution in [0.1, 0.15) is 22.8 Å². The predicted octanol–water partition coefficient (Wildman–Crippen LogP) is 1.32. The molecule has 1 amide bonds. The van der Waals surface area contributed by atoms with Gasteiger partial charge in [-0.05, 0) is 13.0 Å². The van der Waals surface area contributed by atoms with Crippen molar-refractivity contribution in [3.63, 3.8) is 0 Å². The number of carbonyl (C=O) groups excluding carboxylic acids is 1. The Morgan fingerprint density at radius 3 is 2.76 bits per heavy atom. The molecule has 1 aromatic carbocycles. The van der Waals surface area contributed by atoms with Gasteiger partial charge in [-0.25, -0.2) is 4.79 Å². The molecule has 6 nitrogen and oxygen atoms in total. The molecule has 0 atom stereocenters. The van der Waals surface area contributed by atoms with E-state index in [-0.39, 0.29) is 11.3 Å². The zero-order chi connectivity index (χ0) is 12.8. The number of aromatic carboxylic acids is 1. The molecule has 0 radical (unpaired) electrons. The van der Waals surface area contributed by atoms with Gasteiger partial charge in [0.2, 0.25) is 6.41 Å². The summed E-state index contributed by atoms with van der Waals surface area (Å²) in [6, 6.07) is 4.72. The van der Waals surface area contributed by atoms with Crippen molar-refractivity contribution in [1.82, 2.24) is 0 Å². The van der Waals surface area contributed by atoms with Crippen LogP contribution in [0.5, 0.6) is 0 Å². The molecule has 17 heavy (non-hydrogen) atoms. The average molecular weight is 236 g/mol. The van der Waals surface area contributed by atoms with E-state index in [1.165, 1.54) is 13.2 Å². The number of hydrogen-bond acceptors (Lipinski definition) is 4. The lowest BCUT2D eigenvalue weighted by atomic mass is 10.0. The summed E-state index contributed by atoms with van der Waals surface area (Å²) >= 11 is 0. The fourth-order valence-electron chi connectivity index (χ4n) is 1.45. The number of anilines is 1. The van der Waals surface area contributed by atoms with Crippen molar-refractivity contribution < 1.29 is 19.5 Å². The Hall–Kier alpha value is -2.37. The second-order valence-corrected chi connectivity index (χ2v) is 3.15. The first-order chi connectivity index (χ1) is 8.11. The minimum absolute atomic E-state index is 0.0158. The second-order valence-electron chi connectivity index (χ2n) is 3.15. The number of amides is 1. The smallest absolute Gasteiger partial charge is 0.338 e. The molecule has 0 heterocycles. The number of nitrogens with zero attached hydrogens (tertiary/aromatic N) is 1. The quantitative estimate of drug-likeness (QED) is 0.458. The zero-order valence-electron chi connectivity index (χ0n) is 9.43. The van der Waals surface area contributed by atoms with Gasteiger partial charge in [0.1, 0.15) is 7.11 Å². The zero-order valence-corrected chi connectivity index (χ0v) is 9.43. The van der Waals surface area contributed by atoms with E-state index in [0.29, 0.717) is 17.7 Å². The number of rotatable bonds is 5. The number of carboxylic acids is 1. The third-order valence-corrected chi connectivity index (χ3v) is 2.11. The summed E-state index contributed by atoms with van der Waals surface area (Å²) in [5.41, 5.74) is 1.01. The first kappa shape index (κ1) is 12.7. The highest BCUT2D eigenvalue weighted by atomic mass is 16.6. The molecule has 2 N–H and O–H groups in total. The summed E-state index contributed by atoms with van der Waals surface area (Å²) in [5, 5.41) is 15.2. The summed E-state index contributed by atoms with van der Waals surface area (Å²) in [4.78, 5) is 26.2. The van der Waals surface area contributed by atoms with E-state index in [0.717, 1.165) is 0 Å². The molecule has 0 aromatic heterocycles. The summed E-state index contributed by atoms with van der Waals surface area (Å²) in [7, 11) is 1.37. The van der Waals surface area contributed by atoms with Gasteiger partial charge in [0, 0.05) is 5.56 Å². The number of benzene rings is 1. The molecule has 0 saturated heterocycles. The minimum atomic E-state index is -1.14. The van der Waals surface area contributed by atoms with Crippen LogP contribution in [0.3, 0.4) is 0 Å². The van der Waals surface area contributed by atoms with Crippen molar-refractivity contribution in [2.75, 3.05) is 12.4 Å². The van der Waals surface area contributed by atoms with Crippen LogP contribution >= 0.6 is 0 Å². The van der Waals surface area contributed by atoms with Gasteiger partial charge in [-0.1, -0.05) is 17.3 Å². The van der Waals surface area contributed by atoms with Crippen molar-refractivity contribution in [1.29, 1.82) is 0 Å². The molecule has 0 unspecified atom stereocenters. The topological polar surface area (TPSA) is 88.0 Å². The predicted molar refractivity (Wildman–Crippen MR) is 62.3 cm³/mol. The maximum atomic E-state index is 11.2. The molecule has 0 saturated carbocycles. The minimum Gasteiger partial charge on any atom is -0.478 e. The average Bonchev–Trinajstić information content (AvgIpc) is 2.29. The fourth-order valence-corrected chi connectivity index (χ4v) is 1.45. The normalized spacial score (nSPS) is 10.8. The van der Waals surface area contributed by atoms with E-state index >= 15 is 0 Å². The van der Waals surface area contributed by atoms with Crippen LogP contribution in [0, 0.1) is 0 Å². The third kappa shape index (κ3) is 2.81. The molecular weight excluding hydrogens is 224 g/mol. The van der Waals surface area contributed by atoms with Gasteiger partial charge in [0.25, 0.3) is 0 Å². The number of nitrogens with one attached hydrogen (secondary N) is 1. The van der Waals surface area contributed by atoms with Crippen molar-refractivity contribution in [3.05, 3.63) is 29.3 Å². The van der Waals surface area contributed by atoms with Crippen molar-refractivity contribution >= 4 is 23.8 Å². The molecule has 0 bridgehead atoms. The fraction of sp³-hybridized carbons (Fsp3) is 0.182. The van der Waals surface area contributed by atoms with Gasteiger partial charge in [-0.2, -0.15) is 0 Å². The summed E-state index contributed by atoms with van der Waals surface area (Å²) in [6.45, 7) is 1.62. The molecule has 6 heteroatoms. The molecule has 90 valence electrons. The van der Waals surface area contributed by atoms with E-state index in [4.69, 9.17) is 5.11 Å². The lowest BCUT2D eigenvalue weighted by Gasteiger charge is -2.09. The lowest BCUT2D eigenvalue weighted by molar-refractivity contribution is -0.105. The molecular formula is C11H12N2O4. The maximum absolute atomic E-state index is 11.2. The molecule has 0 aliphatic rings. The highest BCUT2D eigenvalue weighted by molar-refractivity contribution is 6.10. The van der Waals surface area contributed by atoms with Crippen molar-refractivity contribution in [2.24, 2.45) is 5.16 Å². The Morgan fingerprint density at radius 2 is 2.24 bits per heavy atom. The van der Waals surface area contributed by atoms with Gasteiger partial charge in [0.15, 0.2) is 0 Å². The van der Waals surface area contributed by atoms with Gasteiger partial charge < -0.3 is 15.3 Å². The molecule has 1 rings (SSSR count). The monoisotopic (exact) mass is 236 g/mol. The number of carboxylic acid groups (broad SMARTS) is 1. The summed E-state index contributed by atoms with van der Waals surface area (Å²) < 4.78 is 0. The van der Waals surface area contributed by atoms with Crippen LogP contribution in [0.15, 0.2) is 23.4 Å². The Balaban J connectivity index is 3.39. The first-order valence-electron chi connectivity index (χ1n) is 4.76. The van der Waals surface area contributed by atoms with Crippen LogP contribution < -0.4 is 5.32 Å². The SMILES string of the molecule is CON=C(C)c1cccc(NC=O)c1C(=O)O. The van der Waals surface area contributed by atoms with Crippen LogP contribution in [0.25, 0.3) is 0 Å². The lowest BCUT2D eigenvalue weighted by Crippen LogP contribution is -2.11. The number of oxime groups is 1. The van der Waals surface area contributed by atoms with E-state index in [1.54, 1.807) is 19.1 Å². The summed E-state index contributed by atoms with van der Waals surface area (Å²) in [5.74, 6) is -1.14. The highest BCUT2D eigenvalue weighted by Gasteiger charge is 2.17. The molecule has 0 fully saturated rings. The molecule has 0 aliphatic heterocycles. The molecule has 1 aromatic rings. The molecule has 0 aliphatic carbocycles. The number of carbonyl (C=O) groups is 2. The Morgan fingerprint density at radius 1 is 1.53 bits per heavy atom. The van der Waals surface area contributed by atoms with Crippen LogP contribution in [0.4, 0.5) is 5.69 Å².